The van der Waals surface area contributed by atoms with Crippen LogP contribution in [0.25, 0.3) is 0 Å². The second kappa shape index (κ2) is 11.0. The molecule has 0 spiro atoms. The van der Waals surface area contributed by atoms with Gasteiger partial charge in [-0.05, 0) is 49.2 Å². The fourth-order valence-electron chi connectivity index (χ4n) is 3.29. The molecule has 2 aromatic rings. The maximum atomic E-state index is 12.9. The lowest BCUT2D eigenvalue weighted by atomic mass is 10.0. The van der Waals surface area contributed by atoms with Crippen LogP contribution < -0.4 is 11.1 Å². The molecule has 0 radical (unpaired) electrons. The molecule has 1 aliphatic heterocycles. The van der Waals surface area contributed by atoms with Crippen molar-refractivity contribution in [3.05, 3.63) is 46.1 Å². The Morgan fingerprint density at radius 1 is 1.31 bits per heavy atom. The topological polar surface area (TPSA) is 75.4 Å². The summed E-state index contributed by atoms with van der Waals surface area (Å²) in [5.41, 5.74) is 7.06. The van der Waals surface area contributed by atoms with Crippen molar-refractivity contribution >= 4 is 52.3 Å². The summed E-state index contributed by atoms with van der Waals surface area (Å²) in [6, 6.07) is 6.19. The molecule has 5 nitrogen and oxygen atoms in total. The molecule has 0 unspecified atom stereocenters. The van der Waals surface area contributed by atoms with Crippen LogP contribution in [0.1, 0.15) is 40.6 Å². The molecule has 0 atom stereocenters. The second-order valence-corrected chi connectivity index (χ2v) is 8.97. The Hall–Kier alpha value is -1.61. The summed E-state index contributed by atoms with van der Waals surface area (Å²) >= 11 is 2.95. The molecular weight excluding hydrogens is 433 g/mol. The lowest BCUT2D eigenvalue weighted by Crippen LogP contribution is -2.31. The molecule has 0 fully saturated rings. The molecule has 0 saturated carbocycles. The summed E-state index contributed by atoms with van der Waals surface area (Å²) in [7, 11) is 0. The molecule has 2 heterocycles. The SMILES string of the molecule is CCCN1CCc2c(sc(NC(=O)CCSc3ccc(F)cc3)c2C(N)=O)C1.Cl. The fourth-order valence-corrected chi connectivity index (χ4v) is 5.46. The minimum atomic E-state index is -0.488. The summed E-state index contributed by atoms with van der Waals surface area (Å²) in [5.74, 6) is -0.350. The quantitative estimate of drug-likeness (QED) is 0.579. The smallest absolute Gasteiger partial charge is 0.251 e. The van der Waals surface area contributed by atoms with Crippen molar-refractivity contribution in [3.63, 3.8) is 0 Å². The third kappa shape index (κ3) is 6.18. The predicted octanol–water partition coefficient (Wildman–Crippen LogP) is 4.30. The van der Waals surface area contributed by atoms with Crippen LogP contribution >= 0.6 is 35.5 Å². The molecule has 9 heteroatoms. The molecule has 0 bridgehead atoms. The number of amides is 2. The maximum Gasteiger partial charge on any atom is 0.251 e. The van der Waals surface area contributed by atoms with E-state index in [0.29, 0.717) is 22.7 Å². The van der Waals surface area contributed by atoms with Crippen LogP contribution in [0, 0.1) is 5.82 Å². The van der Waals surface area contributed by atoms with Gasteiger partial charge in [0.2, 0.25) is 5.91 Å². The van der Waals surface area contributed by atoms with E-state index in [4.69, 9.17) is 5.73 Å². The Kier molecular flexibility index (Phi) is 8.95. The minimum absolute atomic E-state index is 0. The number of halogens is 2. The number of carbonyl (C=O) groups excluding carboxylic acids is 2. The number of primary amides is 1. The van der Waals surface area contributed by atoms with E-state index in [1.54, 1.807) is 12.1 Å². The van der Waals surface area contributed by atoms with E-state index < -0.39 is 5.91 Å². The number of benzene rings is 1. The van der Waals surface area contributed by atoms with E-state index in [-0.39, 0.29) is 24.1 Å². The third-order valence-electron chi connectivity index (χ3n) is 4.59. The van der Waals surface area contributed by atoms with Crippen LogP contribution in [0.3, 0.4) is 0 Å². The number of nitrogens with one attached hydrogen (secondary N) is 1. The van der Waals surface area contributed by atoms with Gasteiger partial charge in [-0.15, -0.1) is 35.5 Å². The highest BCUT2D eigenvalue weighted by Gasteiger charge is 2.27. The van der Waals surface area contributed by atoms with Gasteiger partial charge in [0.25, 0.3) is 5.91 Å². The van der Waals surface area contributed by atoms with Crippen LogP contribution in [0.2, 0.25) is 0 Å². The Morgan fingerprint density at radius 3 is 2.69 bits per heavy atom. The van der Waals surface area contributed by atoms with Gasteiger partial charge >= 0.3 is 0 Å². The largest absolute Gasteiger partial charge is 0.365 e. The predicted molar refractivity (Wildman–Crippen MR) is 120 cm³/mol. The summed E-state index contributed by atoms with van der Waals surface area (Å²) < 4.78 is 12.9. The van der Waals surface area contributed by atoms with Gasteiger partial charge in [-0.2, -0.15) is 0 Å². The highest BCUT2D eigenvalue weighted by molar-refractivity contribution is 7.99. The van der Waals surface area contributed by atoms with Crippen LogP contribution in [0.4, 0.5) is 9.39 Å². The van der Waals surface area contributed by atoms with Crippen molar-refractivity contribution in [2.45, 2.75) is 37.6 Å². The van der Waals surface area contributed by atoms with E-state index in [1.165, 1.54) is 35.2 Å². The number of fused-ring (bicyclic) bond motifs is 1. The van der Waals surface area contributed by atoms with E-state index in [9.17, 15) is 14.0 Å². The molecule has 0 saturated heterocycles. The zero-order valence-electron chi connectivity index (χ0n) is 16.2. The average molecular weight is 458 g/mol. The summed E-state index contributed by atoms with van der Waals surface area (Å²) in [6.07, 6.45) is 2.16. The van der Waals surface area contributed by atoms with Gasteiger partial charge in [0, 0.05) is 35.0 Å². The van der Waals surface area contributed by atoms with Crippen molar-refractivity contribution in [3.8, 4) is 0 Å². The number of hydrogen-bond acceptors (Lipinski definition) is 5. The van der Waals surface area contributed by atoms with E-state index >= 15 is 0 Å². The molecule has 1 aliphatic rings. The van der Waals surface area contributed by atoms with E-state index in [0.717, 1.165) is 47.8 Å². The lowest BCUT2D eigenvalue weighted by molar-refractivity contribution is -0.115. The van der Waals surface area contributed by atoms with Crippen LogP contribution in [-0.2, 0) is 17.8 Å². The van der Waals surface area contributed by atoms with Gasteiger partial charge < -0.3 is 11.1 Å². The Balaban J connectivity index is 0.00000300. The number of hydrogen-bond donors (Lipinski definition) is 2. The van der Waals surface area contributed by atoms with Gasteiger partial charge in [0.1, 0.15) is 10.8 Å². The van der Waals surface area contributed by atoms with Crippen LogP contribution in [0.5, 0.6) is 0 Å². The Bertz CT molecular complexity index is 858. The number of carbonyl (C=O) groups is 2. The van der Waals surface area contributed by atoms with Gasteiger partial charge in [-0.1, -0.05) is 6.92 Å². The molecule has 1 aromatic carbocycles. The first-order valence-corrected chi connectivity index (χ1v) is 11.1. The Morgan fingerprint density at radius 2 is 2.03 bits per heavy atom. The monoisotopic (exact) mass is 457 g/mol. The number of nitrogens with two attached hydrogens (primary N) is 1. The summed E-state index contributed by atoms with van der Waals surface area (Å²) in [5, 5.41) is 3.44. The first-order chi connectivity index (χ1) is 13.5. The second-order valence-electron chi connectivity index (χ2n) is 6.70. The van der Waals surface area contributed by atoms with E-state index in [1.807, 2.05) is 0 Å². The van der Waals surface area contributed by atoms with Gasteiger partial charge in [-0.3, -0.25) is 14.5 Å². The zero-order valence-corrected chi connectivity index (χ0v) is 18.7. The zero-order chi connectivity index (χ0) is 20.1. The average Bonchev–Trinajstić information content (AvgIpc) is 3.00. The summed E-state index contributed by atoms with van der Waals surface area (Å²) in [6.45, 7) is 4.86. The van der Waals surface area contributed by atoms with Gasteiger partial charge in [0.15, 0.2) is 0 Å². The number of thioether (sulfide) groups is 1. The molecule has 0 aliphatic carbocycles. The molecular formula is C20H25ClFN3O2S2. The number of thiophene rings is 1. The first-order valence-electron chi connectivity index (χ1n) is 9.32. The maximum absolute atomic E-state index is 12.9. The Labute approximate surface area is 184 Å². The highest BCUT2D eigenvalue weighted by Crippen LogP contribution is 2.37. The normalized spacial score (nSPS) is 13.4. The number of anilines is 1. The van der Waals surface area contributed by atoms with E-state index in [2.05, 4.69) is 17.1 Å². The number of nitrogens with zero attached hydrogens (tertiary/aromatic N) is 1. The standard InChI is InChI=1S/C20H24FN3O2S2.ClH/c1-2-9-24-10-7-15-16(12-24)28-20(18(15)19(22)26)23-17(25)8-11-27-14-5-3-13(21)4-6-14;/h3-6H,2,7-12H2,1H3,(H2,22,26)(H,23,25);1H. The van der Waals surface area contributed by atoms with Gasteiger partial charge in [0.05, 0.1) is 5.56 Å². The lowest BCUT2D eigenvalue weighted by Gasteiger charge is -2.26. The molecule has 158 valence electrons. The molecule has 3 N–H and O–H groups in total. The third-order valence-corrected chi connectivity index (χ3v) is 6.73. The van der Waals surface area contributed by atoms with Crippen molar-refractivity contribution in [2.24, 2.45) is 5.73 Å². The number of rotatable bonds is 8. The van der Waals surface area contributed by atoms with Crippen molar-refractivity contribution in [1.82, 2.24) is 4.90 Å². The fraction of sp³-hybridized carbons (Fsp3) is 0.400. The van der Waals surface area contributed by atoms with Crippen LogP contribution in [0.15, 0.2) is 29.2 Å². The molecule has 1 aromatic heterocycles. The van der Waals surface area contributed by atoms with Crippen LogP contribution in [-0.4, -0.2) is 35.6 Å². The summed E-state index contributed by atoms with van der Waals surface area (Å²) in [4.78, 5) is 28.8. The minimum Gasteiger partial charge on any atom is -0.365 e. The molecule has 29 heavy (non-hydrogen) atoms. The van der Waals surface area contributed by atoms with Crippen molar-refractivity contribution in [1.29, 1.82) is 0 Å². The van der Waals surface area contributed by atoms with Gasteiger partial charge in [-0.25, -0.2) is 4.39 Å². The first kappa shape index (κ1) is 23.7. The van der Waals surface area contributed by atoms with Crippen molar-refractivity contribution < 1.29 is 14.0 Å². The highest BCUT2D eigenvalue weighted by atomic mass is 35.5. The van der Waals surface area contributed by atoms with Crippen molar-refractivity contribution in [2.75, 3.05) is 24.2 Å². The molecule has 3 rings (SSSR count). The molecule has 2 amide bonds.